The number of rotatable bonds is 0. The predicted molar refractivity (Wildman–Crippen MR) is 35.8 cm³/mol. The number of carbonyl (C=O) groups is 2. The quantitative estimate of drug-likeness (QED) is 0.457. The fourth-order valence-electron chi connectivity index (χ4n) is 0.727. The van der Waals surface area contributed by atoms with Crippen LogP contribution in [0.25, 0.3) is 0 Å². The second-order valence-corrected chi connectivity index (χ2v) is 1.92. The smallest absolute Gasteiger partial charge is 0.290 e. The monoisotopic (exact) mass is 145 g/mol. The van der Waals surface area contributed by atoms with E-state index in [1.54, 1.807) is 0 Å². The van der Waals surface area contributed by atoms with Crippen molar-refractivity contribution in [3.63, 3.8) is 0 Å². The summed E-state index contributed by atoms with van der Waals surface area (Å²) in [6.45, 7) is 1.37. The van der Waals surface area contributed by atoms with E-state index in [9.17, 15) is 4.79 Å². The number of hydrogen-bond acceptors (Lipinski definition) is 3. The number of carbonyl (C=O) groups excluding carboxylic acids is 1. The van der Waals surface area contributed by atoms with Crippen LogP contribution in [-0.2, 0) is 9.59 Å². The highest BCUT2D eigenvalue weighted by molar-refractivity contribution is 5.80. The Balaban J connectivity index is 0.000000236. The molecule has 4 heteroatoms. The molecular weight excluding hydrogens is 134 g/mol. The van der Waals surface area contributed by atoms with Gasteiger partial charge >= 0.3 is 0 Å². The van der Waals surface area contributed by atoms with E-state index in [0.717, 1.165) is 19.4 Å². The Bertz CT molecular complexity index is 106. The molecule has 0 spiro atoms. The topological polar surface area (TPSA) is 66.4 Å². The first-order valence-corrected chi connectivity index (χ1v) is 3.11. The third-order valence-electron chi connectivity index (χ3n) is 1.13. The minimum absolute atomic E-state index is 0.250. The van der Waals surface area contributed by atoms with Crippen LogP contribution in [0.2, 0.25) is 0 Å². The molecule has 2 N–H and O–H groups in total. The molecule has 10 heavy (non-hydrogen) atoms. The van der Waals surface area contributed by atoms with E-state index in [0.29, 0.717) is 12.3 Å². The van der Waals surface area contributed by atoms with Crippen molar-refractivity contribution in [2.45, 2.75) is 12.8 Å². The van der Waals surface area contributed by atoms with Crippen molar-refractivity contribution in [2.75, 3.05) is 13.1 Å². The van der Waals surface area contributed by atoms with Gasteiger partial charge in [-0.2, -0.15) is 0 Å². The van der Waals surface area contributed by atoms with Crippen molar-refractivity contribution in [3.05, 3.63) is 0 Å². The van der Waals surface area contributed by atoms with Crippen LogP contribution in [0.15, 0.2) is 0 Å². The second-order valence-electron chi connectivity index (χ2n) is 1.92. The highest BCUT2D eigenvalue weighted by atomic mass is 16.3. The highest BCUT2D eigenvalue weighted by Gasteiger charge is 2.04. The number of piperidine rings is 1. The molecule has 1 heterocycles. The van der Waals surface area contributed by atoms with Gasteiger partial charge in [-0.25, -0.2) is 0 Å². The van der Waals surface area contributed by atoms with Crippen LogP contribution in [0.3, 0.4) is 0 Å². The molecule has 4 nitrogen and oxygen atoms in total. The SMILES string of the molecule is O=C1CCCNC1.O=CO. The van der Waals surface area contributed by atoms with Crippen LogP contribution in [0.1, 0.15) is 12.8 Å². The summed E-state index contributed by atoms with van der Waals surface area (Å²) in [5, 5.41) is 9.87. The van der Waals surface area contributed by atoms with E-state index < -0.39 is 0 Å². The summed E-state index contributed by atoms with van der Waals surface area (Å²) in [5.41, 5.74) is 0. The molecule has 0 saturated carbocycles. The fourth-order valence-corrected chi connectivity index (χ4v) is 0.727. The van der Waals surface area contributed by atoms with Crippen molar-refractivity contribution in [1.29, 1.82) is 0 Å². The molecule has 0 amide bonds. The maximum Gasteiger partial charge on any atom is 0.290 e. The number of Topliss-reactive ketones (excluding diaryl/α,β-unsaturated/α-hetero) is 1. The summed E-state index contributed by atoms with van der Waals surface area (Å²) in [5.74, 6) is 0.353. The van der Waals surface area contributed by atoms with E-state index in [1.807, 2.05) is 0 Å². The van der Waals surface area contributed by atoms with Gasteiger partial charge in [-0.1, -0.05) is 0 Å². The van der Waals surface area contributed by atoms with Gasteiger partial charge in [0.05, 0.1) is 6.54 Å². The number of hydrogen-bond donors (Lipinski definition) is 2. The molecule has 1 fully saturated rings. The van der Waals surface area contributed by atoms with Gasteiger partial charge in [0.2, 0.25) is 0 Å². The lowest BCUT2D eigenvalue weighted by Gasteiger charge is -2.08. The Morgan fingerprint density at radius 1 is 1.60 bits per heavy atom. The summed E-state index contributed by atoms with van der Waals surface area (Å²) in [6, 6.07) is 0. The van der Waals surface area contributed by atoms with Gasteiger partial charge in [0.1, 0.15) is 5.78 Å². The third kappa shape index (κ3) is 5.24. The van der Waals surface area contributed by atoms with Crippen molar-refractivity contribution in [2.24, 2.45) is 0 Å². The van der Waals surface area contributed by atoms with Crippen molar-refractivity contribution < 1.29 is 14.7 Å². The molecule has 1 aliphatic rings. The molecule has 1 saturated heterocycles. The molecule has 0 unspecified atom stereocenters. The molecule has 58 valence electrons. The van der Waals surface area contributed by atoms with E-state index in [1.165, 1.54) is 0 Å². The summed E-state index contributed by atoms with van der Waals surface area (Å²) in [4.78, 5) is 18.8. The zero-order chi connectivity index (χ0) is 7.82. The first-order chi connectivity index (χ1) is 4.81. The van der Waals surface area contributed by atoms with Crippen LogP contribution < -0.4 is 5.32 Å². The second kappa shape index (κ2) is 6.22. The normalized spacial score (nSPS) is 17.0. The van der Waals surface area contributed by atoms with E-state index in [-0.39, 0.29) is 6.47 Å². The molecule has 0 aromatic rings. The van der Waals surface area contributed by atoms with Crippen LogP contribution in [0.4, 0.5) is 0 Å². The Labute approximate surface area is 59.2 Å². The van der Waals surface area contributed by atoms with Gasteiger partial charge in [0.15, 0.2) is 0 Å². The third-order valence-corrected chi connectivity index (χ3v) is 1.13. The minimum atomic E-state index is -0.250. The Hall–Kier alpha value is -0.900. The fraction of sp³-hybridized carbons (Fsp3) is 0.667. The summed E-state index contributed by atoms with van der Waals surface area (Å²) < 4.78 is 0. The van der Waals surface area contributed by atoms with Crippen LogP contribution >= 0.6 is 0 Å². The Morgan fingerprint density at radius 3 is 2.40 bits per heavy atom. The molecule has 1 aliphatic heterocycles. The standard InChI is InChI=1S/C5H9NO.CH2O2/c7-5-2-1-3-6-4-5;2-1-3/h6H,1-4H2;1H,(H,2,3). The lowest BCUT2D eigenvalue weighted by molar-refractivity contribution is -0.123. The average Bonchev–Trinajstić information content (AvgIpc) is 1.91. The largest absolute Gasteiger partial charge is 0.483 e. The zero-order valence-electron chi connectivity index (χ0n) is 5.67. The molecule has 0 aliphatic carbocycles. The van der Waals surface area contributed by atoms with Gasteiger partial charge < -0.3 is 10.4 Å². The maximum atomic E-state index is 10.4. The summed E-state index contributed by atoms with van der Waals surface area (Å²) in [7, 11) is 0. The lowest BCUT2D eigenvalue weighted by Crippen LogP contribution is -2.29. The molecule has 1 rings (SSSR count). The van der Waals surface area contributed by atoms with Gasteiger partial charge in [-0.15, -0.1) is 0 Å². The van der Waals surface area contributed by atoms with Crippen LogP contribution in [0, 0.1) is 0 Å². The van der Waals surface area contributed by atoms with Crippen LogP contribution in [0.5, 0.6) is 0 Å². The average molecular weight is 145 g/mol. The molecule has 0 atom stereocenters. The predicted octanol–water partition coefficient (Wildman–Crippen LogP) is -0.360. The molecule has 0 aromatic heterocycles. The molecule has 0 aromatic carbocycles. The van der Waals surface area contributed by atoms with Gasteiger partial charge in [0.25, 0.3) is 6.47 Å². The maximum absolute atomic E-state index is 10.4. The minimum Gasteiger partial charge on any atom is -0.483 e. The summed E-state index contributed by atoms with van der Waals surface area (Å²) in [6.07, 6.45) is 1.81. The summed E-state index contributed by atoms with van der Waals surface area (Å²) >= 11 is 0. The van der Waals surface area contributed by atoms with Crippen molar-refractivity contribution >= 4 is 12.3 Å². The van der Waals surface area contributed by atoms with Gasteiger partial charge in [-0.05, 0) is 13.0 Å². The molecule has 0 radical (unpaired) electrons. The number of carboxylic acid groups (broad SMARTS) is 1. The van der Waals surface area contributed by atoms with Crippen molar-refractivity contribution in [3.8, 4) is 0 Å². The highest BCUT2D eigenvalue weighted by Crippen LogP contribution is 1.92. The Morgan fingerprint density at radius 2 is 2.20 bits per heavy atom. The van der Waals surface area contributed by atoms with Crippen molar-refractivity contribution in [1.82, 2.24) is 5.32 Å². The van der Waals surface area contributed by atoms with E-state index in [2.05, 4.69) is 5.32 Å². The number of ketones is 1. The first kappa shape index (κ1) is 9.10. The first-order valence-electron chi connectivity index (χ1n) is 3.11. The Kier molecular flexibility index (Phi) is 5.66. The van der Waals surface area contributed by atoms with Crippen LogP contribution in [-0.4, -0.2) is 30.5 Å². The molecular formula is C6H11NO3. The molecule has 0 bridgehead atoms. The lowest BCUT2D eigenvalue weighted by atomic mass is 10.1. The zero-order valence-corrected chi connectivity index (χ0v) is 5.67. The van der Waals surface area contributed by atoms with E-state index in [4.69, 9.17) is 9.90 Å². The number of nitrogens with one attached hydrogen (secondary N) is 1. The van der Waals surface area contributed by atoms with Gasteiger partial charge in [0, 0.05) is 6.42 Å². The van der Waals surface area contributed by atoms with Gasteiger partial charge in [-0.3, -0.25) is 9.59 Å². The van der Waals surface area contributed by atoms with E-state index >= 15 is 0 Å².